The summed E-state index contributed by atoms with van der Waals surface area (Å²) in [5.41, 5.74) is 3.70. The Balaban J connectivity index is 2.02. The highest BCUT2D eigenvalue weighted by Crippen LogP contribution is 2.27. The van der Waals surface area contributed by atoms with Crippen molar-refractivity contribution >= 4 is 28.7 Å². The summed E-state index contributed by atoms with van der Waals surface area (Å²) in [6, 6.07) is 13.0. The normalized spacial score (nSPS) is 11.3. The summed E-state index contributed by atoms with van der Waals surface area (Å²) in [5.74, 6) is -0.155. The van der Waals surface area contributed by atoms with Crippen LogP contribution in [0, 0.1) is 18.9 Å². The monoisotopic (exact) mass is 406 g/mol. The van der Waals surface area contributed by atoms with Gasteiger partial charge in [0, 0.05) is 12.2 Å². The number of azo groups is 1. The van der Waals surface area contributed by atoms with Gasteiger partial charge in [0.05, 0.1) is 29.9 Å². The van der Waals surface area contributed by atoms with Crippen LogP contribution >= 0.6 is 0 Å². The third kappa shape index (κ3) is 6.15. The van der Waals surface area contributed by atoms with E-state index in [0.29, 0.717) is 24.5 Å². The number of carbonyl (C=O) groups excluding carboxylic acids is 1. The number of hydrogen-bond acceptors (Lipinski definition) is 5. The molecule has 0 saturated carbocycles. The van der Waals surface area contributed by atoms with Crippen LogP contribution in [-0.2, 0) is 9.53 Å². The standard InChI is InChI=1S/C24H30N4O2/c1-7-24(4,5)23(29)30-16-15-28(8-2)21-13-14-22(18(3)17-21)27-26-20-11-9-19(25-6)10-12-20/h9-14,17H,7-8,15-16H2,1-5H3/b27-26+. The number of carbonyl (C=O) groups is 1. The molecule has 6 heteroatoms. The molecule has 0 saturated heterocycles. The maximum Gasteiger partial charge on any atom is 0.311 e. The van der Waals surface area contributed by atoms with Crippen LogP contribution in [0.2, 0.25) is 0 Å². The van der Waals surface area contributed by atoms with Crippen LogP contribution in [0.1, 0.15) is 39.7 Å². The van der Waals surface area contributed by atoms with Crippen LogP contribution in [-0.4, -0.2) is 25.7 Å². The van der Waals surface area contributed by atoms with Crippen molar-refractivity contribution in [3.8, 4) is 0 Å². The Morgan fingerprint density at radius 3 is 2.40 bits per heavy atom. The Morgan fingerprint density at radius 2 is 1.83 bits per heavy atom. The van der Waals surface area contributed by atoms with Gasteiger partial charge in [-0.3, -0.25) is 4.79 Å². The van der Waals surface area contributed by atoms with Crippen molar-refractivity contribution in [1.29, 1.82) is 0 Å². The summed E-state index contributed by atoms with van der Waals surface area (Å²) < 4.78 is 5.48. The fourth-order valence-electron chi connectivity index (χ4n) is 2.71. The van der Waals surface area contributed by atoms with Crippen LogP contribution in [0.15, 0.2) is 52.7 Å². The van der Waals surface area contributed by atoms with E-state index in [2.05, 4.69) is 33.0 Å². The first kappa shape index (κ1) is 23.1. The van der Waals surface area contributed by atoms with E-state index in [1.165, 1.54) is 0 Å². The van der Waals surface area contributed by atoms with Gasteiger partial charge >= 0.3 is 5.97 Å². The summed E-state index contributed by atoms with van der Waals surface area (Å²) >= 11 is 0. The lowest BCUT2D eigenvalue weighted by Gasteiger charge is -2.25. The molecule has 0 aromatic heterocycles. The Labute approximate surface area is 179 Å². The van der Waals surface area contributed by atoms with Crippen LogP contribution < -0.4 is 4.90 Å². The first-order chi connectivity index (χ1) is 14.3. The lowest BCUT2D eigenvalue weighted by atomic mass is 9.91. The van der Waals surface area contributed by atoms with Crippen molar-refractivity contribution in [1.82, 2.24) is 0 Å². The minimum atomic E-state index is -0.448. The van der Waals surface area contributed by atoms with Gasteiger partial charge in [0.1, 0.15) is 6.61 Å². The molecule has 0 amide bonds. The average Bonchev–Trinajstić information content (AvgIpc) is 2.76. The molecule has 2 rings (SSSR count). The van der Waals surface area contributed by atoms with Crippen molar-refractivity contribution in [2.45, 2.75) is 41.0 Å². The summed E-state index contributed by atoms with van der Waals surface area (Å²) in [7, 11) is 0. The molecule has 6 nitrogen and oxygen atoms in total. The molecule has 0 fully saturated rings. The first-order valence-corrected chi connectivity index (χ1v) is 10.2. The lowest BCUT2D eigenvalue weighted by Crippen LogP contribution is -2.31. The fourth-order valence-corrected chi connectivity index (χ4v) is 2.71. The summed E-state index contributed by atoms with van der Waals surface area (Å²) in [6.07, 6.45) is 0.752. The molecule has 0 heterocycles. The van der Waals surface area contributed by atoms with Gasteiger partial charge in [0.2, 0.25) is 0 Å². The molecule has 0 N–H and O–H groups in total. The maximum absolute atomic E-state index is 12.1. The molecule has 0 aliphatic carbocycles. The van der Waals surface area contributed by atoms with Gasteiger partial charge in [-0.25, -0.2) is 4.85 Å². The zero-order valence-corrected chi connectivity index (χ0v) is 18.5. The zero-order chi connectivity index (χ0) is 22.1. The molecule has 0 atom stereocenters. The largest absolute Gasteiger partial charge is 0.463 e. The van der Waals surface area contributed by atoms with E-state index < -0.39 is 5.41 Å². The van der Waals surface area contributed by atoms with E-state index in [9.17, 15) is 4.79 Å². The van der Waals surface area contributed by atoms with Crippen molar-refractivity contribution in [3.05, 3.63) is 59.4 Å². The van der Waals surface area contributed by atoms with E-state index >= 15 is 0 Å². The van der Waals surface area contributed by atoms with Crippen molar-refractivity contribution in [3.63, 3.8) is 0 Å². The lowest BCUT2D eigenvalue weighted by molar-refractivity contribution is -0.153. The fraction of sp³-hybridized carbons (Fsp3) is 0.417. The number of esters is 1. The van der Waals surface area contributed by atoms with Crippen molar-refractivity contribution in [2.75, 3.05) is 24.6 Å². The van der Waals surface area contributed by atoms with Gasteiger partial charge in [-0.15, -0.1) is 0 Å². The van der Waals surface area contributed by atoms with Crippen LogP contribution in [0.5, 0.6) is 0 Å². The SMILES string of the molecule is [C-]#[N+]c1ccc(/N=N/c2ccc(N(CC)CCOC(=O)C(C)(C)CC)cc2C)cc1. The highest BCUT2D eigenvalue weighted by Gasteiger charge is 2.27. The van der Waals surface area contributed by atoms with Crippen LogP contribution in [0.25, 0.3) is 4.85 Å². The number of aryl methyl sites for hydroxylation is 1. The molecular formula is C24H30N4O2. The second-order valence-corrected chi connectivity index (χ2v) is 7.75. The Bertz CT molecular complexity index is 927. The molecule has 158 valence electrons. The van der Waals surface area contributed by atoms with Crippen molar-refractivity contribution < 1.29 is 9.53 Å². The third-order valence-corrected chi connectivity index (χ3v) is 5.21. The molecule has 0 unspecified atom stereocenters. The zero-order valence-electron chi connectivity index (χ0n) is 18.5. The van der Waals surface area contributed by atoms with Crippen LogP contribution in [0.4, 0.5) is 22.7 Å². The van der Waals surface area contributed by atoms with E-state index in [1.807, 2.05) is 39.8 Å². The quantitative estimate of drug-likeness (QED) is 0.262. The van der Waals surface area contributed by atoms with Gasteiger partial charge in [0.25, 0.3) is 0 Å². The van der Waals surface area contributed by atoms with Gasteiger partial charge in [-0.2, -0.15) is 10.2 Å². The predicted octanol–water partition coefficient (Wildman–Crippen LogP) is 6.77. The minimum Gasteiger partial charge on any atom is -0.463 e. The number of benzene rings is 2. The molecule has 2 aromatic carbocycles. The number of ether oxygens (including phenoxy) is 1. The Kier molecular flexibility index (Phi) is 8.11. The summed E-state index contributed by atoms with van der Waals surface area (Å²) in [4.78, 5) is 17.7. The number of rotatable bonds is 9. The molecule has 30 heavy (non-hydrogen) atoms. The van der Waals surface area contributed by atoms with E-state index in [-0.39, 0.29) is 5.97 Å². The predicted molar refractivity (Wildman–Crippen MR) is 121 cm³/mol. The Morgan fingerprint density at radius 1 is 1.13 bits per heavy atom. The number of likely N-dealkylation sites (N-methyl/N-ethyl adjacent to an activating group) is 1. The molecule has 0 spiro atoms. The second-order valence-electron chi connectivity index (χ2n) is 7.75. The topological polar surface area (TPSA) is 58.6 Å². The average molecular weight is 407 g/mol. The third-order valence-electron chi connectivity index (χ3n) is 5.21. The molecule has 0 radical (unpaired) electrons. The van der Waals surface area contributed by atoms with Gasteiger partial charge in [0.15, 0.2) is 5.69 Å². The van der Waals surface area contributed by atoms with Gasteiger partial charge in [-0.05, 0) is 70.0 Å². The maximum atomic E-state index is 12.1. The summed E-state index contributed by atoms with van der Waals surface area (Å²) in [5, 5.41) is 8.60. The van der Waals surface area contributed by atoms with E-state index in [4.69, 9.17) is 11.3 Å². The van der Waals surface area contributed by atoms with Crippen molar-refractivity contribution in [2.24, 2.45) is 15.6 Å². The number of anilines is 1. The minimum absolute atomic E-state index is 0.155. The van der Waals surface area contributed by atoms with Gasteiger partial charge < -0.3 is 9.64 Å². The number of hydrogen-bond donors (Lipinski definition) is 0. The highest BCUT2D eigenvalue weighted by atomic mass is 16.5. The second kappa shape index (κ2) is 10.5. The number of nitrogens with zero attached hydrogens (tertiary/aromatic N) is 4. The van der Waals surface area contributed by atoms with E-state index in [1.54, 1.807) is 24.3 Å². The molecule has 0 aliphatic heterocycles. The molecular weight excluding hydrogens is 376 g/mol. The highest BCUT2D eigenvalue weighted by molar-refractivity contribution is 5.75. The first-order valence-electron chi connectivity index (χ1n) is 10.2. The van der Waals surface area contributed by atoms with E-state index in [0.717, 1.165) is 29.9 Å². The molecule has 0 bridgehead atoms. The molecule has 0 aliphatic rings. The Hall–Kier alpha value is -3.20. The summed E-state index contributed by atoms with van der Waals surface area (Å²) in [6.45, 7) is 18.7. The smallest absolute Gasteiger partial charge is 0.311 e. The molecule has 2 aromatic rings. The van der Waals surface area contributed by atoms with Crippen LogP contribution in [0.3, 0.4) is 0 Å². The van der Waals surface area contributed by atoms with Gasteiger partial charge in [-0.1, -0.05) is 19.1 Å².